The maximum atomic E-state index is 14.6. The Morgan fingerprint density at radius 2 is 1.59 bits per heavy atom. The molecule has 1 aliphatic heterocycles. The number of halogens is 1. The molecular weight excluding hydrogens is 525 g/mol. The number of benzene rings is 3. The molecule has 216 valence electrons. The fourth-order valence-corrected chi connectivity index (χ4v) is 4.86. The molecule has 1 heterocycles. The largest absolute Gasteiger partial charge is 0.459 e. The molecule has 0 spiro atoms. The van der Waals surface area contributed by atoms with E-state index in [-0.39, 0.29) is 31.4 Å². The first-order chi connectivity index (χ1) is 19.9. The average Bonchev–Trinajstić information content (AvgIpc) is 3.01. The lowest BCUT2D eigenvalue weighted by Gasteiger charge is -2.37. The van der Waals surface area contributed by atoms with Gasteiger partial charge in [-0.25, -0.2) is 14.0 Å². The van der Waals surface area contributed by atoms with Crippen LogP contribution in [0.5, 0.6) is 0 Å². The Morgan fingerprint density at radius 1 is 0.927 bits per heavy atom. The van der Waals surface area contributed by atoms with Gasteiger partial charge in [-0.3, -0.25) is 4.79 Å². The summed E-state index contributed by atoms with van der Waals surface area (Å²) in [7, 11) is 0. The number of ether oxygens (including phenoxy) is 2. The maximum absolute atomic E-state index is 14.6. The molecule has 0 bridgehead atoms. The first-order valence-electron chi connectivity index (χ1n) is 14.0. The minimum Gasteiger partial charge on any atom is -0.459 e. The van der Waals surface area contributed by atoms with Crippen LogP contribution in [0.4, 0.5) is 14.9 Å². The highest BCUT2D eigenvalue weighted by atomic mass is 19.1. The molecular formula is C32H36FN3O5. The monoisotopic (exact) mass is 561 g/mol. The number of anilines is 1. The molecule has 9 heteroatoms. The zero-order valence-electron chi connectivity index (χ0n) is 23.2. The van der Waals surface area contributed by atoms with Gasteiger partial charge in [0.2, 0.25) is 0 Å². The van der Waals surface area contributed by atoms with Gasteiger partial charge in [-0.05, 0) is 55.0 Å². The van der Waals surface area contributed by atoms with Crippen LogP contribution in [0.15, 0.2) is 78.9 Å². The third-order valence-corrected chi connectivity index (χ3v) is 7.05. The van der Waals surface area contributed by atoms with E-state index < -0.39 is 29.8 Å². The number of amides is 2. The van der Waals surface area contributed by atoms with Gasteiger partial charge in [0.25, 0.3) is 5.91 Å². The standard InChI is InChI=1S/C32H36FN3O5/c1-2-27-15-9-10-16-36(27)28-18-25(17-26(33)19-28)30(37)34-20-29(31(38)40-21-23-11-5-3-6-12-23)35-32(39)41-22-24-13-7-4-8-14-24/h3-8,11-14,17-19,27,29H,2,9-10,15-16,20-22H2,1H3,(H,34,37)(H,35,39)/t27?,29-/m1/s1. The Morgan fingerprint density at radius 3 is 2.24 bits per heavy atom. The van der Waals surface area contributed by atoms with Crippen molar-refractivity contribution in [3.63, 3.8) is 0 Å². The zero-order valence-corrected chi connectivity index (χ0v) is 23.2. The number of hydrogen-bond donors (Lipinski definition) is 2. The van der Waals surface area contributed by atoms with Crippen molar-refractivity contribution in [2.24, 2.45) is 0 Å². The molecule has 0 radical (unpaired) electrons. The Balaban J connectivity index is 1.42. The van der Waals surface area contributed by atoms with Crippen molar-refractivity contribution in [3.05, 3.63) is 101 Å². The highest BCUT2D eigenvalue weighted by Gasteiger charge is 2.26. The molecule has 2 N–H and O–H groups in total. The van der Waals surface area contributed by atoms with Gasteiger partial charge in [-0.1, -0.05) is 67.6 Å². The summed E-state index contributed by atoms with van der Waals surface area (Å²) in [6, 6.07) is 21.5. The van der Waals surface area contributed by atoms with E-state index in [1.807, 2.05) is 36.4 Å². The molecule has 3 aromatic rings. The van der Waals surface area contributed by atoms with E-state index >= 15 is 0 Å². The van der Waals surface area contributed by atoms with Gasteiger partial charge in [0.05, 0.1) is 0 Å². The molecule has 1 saturated heterocycles. The number of carbonyl (C=O) groups excluding carboxylic acids is 3. The van der Waals surface area contributed by atoms with Crippen LogP contribution in [0.3, 0.4) is 0 Å². The van der Waals surface area contributed by atoms with Crippen molar-refractivity contribution in [2.75, 3.05) is 18.0 Å². The van der Waals surface area contributed by atoms with E-state index in [0.29, 0.717) is 5.69 Å². The quantitative estimate of drug-likeness (QED) is 0.306. The lowest BCUT2D eigenvalue weighted by molar-refractivity contribution is -0.147. The van der Waals surface area contributed by atoms with Crippen LogP contribution in [0.1, 0.15) is 54.1 Å². The van der Waals surface area contributed by atoms with Crippen molar-refractivity contribution >= 4 is 23.7 Å². The second-order valence-electron chi connectivity index (χ2n) is 10.0. The van der Waals surface area contributed by atoms with Crippen LogP contribution in [-0.2, 0) is 27.5 Å². The predicted molar refractivity (Wildman–Crippen MR) is 154 cm³/mol. The summed E-state index contributed by atoms with van der Waals surface area (Å²) in [4.78, 5) is 40.7. The summed E-state index contributed by atoms with van der Waals surface area (Å²) in [6.07, 6.45) is 3.24. The van der Waals surface area contributed by atoms with Crippen LogP contribution in [0.25, 0.3) is 0 Å². The molecule has 1 aliphatic rings. The van der Waals surface area contributed by atoms with Gasteiger partial charge >= 0.3 is 12.1 Å². The Hall–Kier alpha value is -4.40. The van der Waals surface area contributed by atoms with Crippen molar-refractivity contribution in [1.82, 2.24) is 10.6 Å². The third kappa shape index (κ3) is 8.79. The van der Waals surface area contributed by atoms with E-state index in [4.69, 9.17) is 9.47 Å². The molecule has 4 rings (SSSR count). The summed E-state index contributed by atoms with van der Waals surface area (Å²) in [5, 5.41) is 5.13. The predicted octanol–water partition coefficient (Wildman–Crippen LogP) is 5.36. The summed E-state index contributed by atoms with van der Waals surface area (Å²) >= 11 is 0. The number of nitrogens with zero attached hydrogens (tertiary/aromatic N) is 1. The lowest BCUT2D eigenvalue weighted by atomic mass is 9.98. The van der Waals surface area contributed by atoms with Crippen LogP contribution < -0.4 is 15.5 Å². The molecule has 8 nitrogen and oxygen atoms in total. The smallest absolute Gasteiger partial charge is 0.408 e. The minimum absolute atomic E-state index is 0.00609. The van der Waals surface area contributed by atoms with Gasteiger partial charge in [-0.2, -0.15) is 0 Å². The van der Waals surface area contributed by atoms with E-state index in [9.17, 15) is 18.8 Å². The first kappa shape index (κ1) is 29.6. The van der Waals surface area contributed by atoms with Crippen LogP contribution in [-0.4, -0.2) is 43.1 Å². The molecule has 41 heavy (non-hydrogen) atoms. The van der Waals surface area contributed by atoms with Crippen LogP contribution in [0.2, 0.25) is 0 Å². The molecule has 1 fully saturated rings. The summed E-state index contributed by atoms with van der Waals surface area (Å²) in [5.74, 6) is -1.84. The van der Waals surface area contributed by atoms with Gasteiger partial charge < -0.3 is 25.0 Å². The van der Waals surface area contributed by atoms with Gasteiger partial charge in [0.1, 0.15) is 25.1 Å². The third-order valence-electron chi connectivity index (χ3n) is 7.05. The number of piperidine rings is 1. The van der Waals surface area contributed by atoms with E-state index in [0.717, 1.165) is 49.4 Å². The fraction of sp³-hybridized carbons (Fsp3) is 0.344. The highest BCUT2D eigenvalue weighted by molar-refractivity contribution is 5.95. The highest BCUT2D eigenvalue weighted by Crippen LogP contribution is 2.28. The molecule has 0 aromatic heterocycles. The van der Waals surface area contributed by atoms with Gasteiger partial charge in [0, 0.05) is 30.4 Å². The second-order valence-corrected chi connectivity index (χ2v) is 10.0. The number of carbonyl (C=O) groups is 3. The zero-order chi connectivity index (χ0) is 29.0. The molecule has 2 atom stereocenters. The normalized spacial score (nSPS) is 15.5. The van der Waals surface area contributed by atoms with E-state index in [1.54, 1.807) is 30.3 Å². The van der Waals surface area contributed by atoms with Crippen molar-refractivity contribution in [2.45, 2.75) is 57.9 Å². The van der Waals surface area contributed by atoms with Gasteiger partial charge in [0.15, 0.2) is 0 Å². The molecule has 3 aromatic carbocycles. The fourth-order valence-electron chi connectivity index (χ4n) is 4.86. The topological polar surface area (TPSA) is 97.0 Å². The summed E-state index contributed by atoms with van der Waals surface area (Å²) in [5.41, 5.74) is 2.33. The number of nitrogens with one attached hydrogen (secondary N) is 2. The minimum atomic E-state index is -1.23. The number of rotatable bonds is 11. The second kappa shape index (κ2) is 14.8. The number of esters is 1. The SMILES string of the molecule is CCC1CCCCN1c1cc(F)cc(C(=O)NC[C@@H](NC(=O)OCc2ccccc2)C(=O)OCc2ccccc2)c1. The molecule has 2 amide bonds. The molecule has 0 saturated carbocycles. The number of hydrogen-bond acceptors (Lipinski definition) is 6. The Bertz CT molecular complexity index is 1310. The summed E-state index contributed by atoms with van der Waals surface area (Å²) in [6.45, 7) is 2.62. The first-order valence-corrected chi connectivity index (χ1v) is 14.0. The van der Waals surface area contributed by atoms with Crippen LogP contribution >= 0.6 is 0 Å². The van der Waals surface area contributed by atoms with Crippen molar-refractivity contribution < 1.29 is 28.2 Å². The van der Waals surface area contributed by atoms with E-state index in [1.165, 1.54) is 6.07 Å². The van der Waals surface area contributed by atoms with Gasteiger partial charge in [-0.15, -0.1) is 0 Å². The van der Waals surface area contributed by atoms with Crippen molar-refractivity contribution in [1.29, 1.82) is 0 Å². The average molecular weight is 562 g/mol. The molecule has 0 aliphatic carbocycles. The number of alkyl carbamates (subject to hydrolysis) is 1. The Kier molecular flexibility index (Phi) is 10.7. The van der Waals surface area contributed by atoms with E-state index in [2.05, 4.69) is 22.5 Å². The van der Waals surface area contributed by atoms with Crippen LogP contribution in [0, 0.1) is 5.82 Å². The van der Waals surface area contributed by atoms with Crippen molar-refractivity contribution in [3.8, 4) is 0 Å². The molecule has 1 unspecified atom stereocenters. The Labute approximate surface area is 239 Å². The summed E-state index contributed by atoms with van der Waals surface area (Å²) < 4.78 is 25.3. The maximum Gasteiger partial charge on any atom is 0.408 e. The lowest BCUT2D eigenvalue weighted by Crippen LogP contribution is -2.49.